The molecule has 0 aromatic heterocycles. The number of hydrogen-bond donors (Lipinski definition) is 1. The lowest BCUT2D eigenvalue weighted by Crippen LogP contribution is -2.41. The molecule has 0 spiro atoms. The van der Waals surface area contributed by atoms with Crippen molar-refractivity contribution < 1.29 is 26.4 Å². The highest BCUT2D eigenvalue weighted by Gasteiger charge is 2.33. The van der Waals surface area contributed by atoms with Crippen molar-refractivity contribution in [1.82, 2.24) is 5.32 Å². The fraction of sp³-hybridized carbons (Fsp3) is 0.269. The van der Waals surface area contributed by atoms with Crippen LogP contribution in [0.15, 0.2) is 77.7 Å². The number of amides is 1. The standard InChI is InChI=1S/C26H27F3N2O3S/c1-4-20-10-12-21(13-11-20)19(3)30-25(32)17-31(23-7-5-6-22(16-23)26(27,28)29)35(33,34)24-14-8-18(2)9-15-24/h5-16,19H,4,17H2,1-3H3,(H,30,32)/t19-/m1/s1. The number of alkyl halides is 3. The second-order valence-electron chi connectivity index (χ2n) is 8.26. The average Bonchev–Trinajstić information content (AvgIpc) is 2.82. The lowest BCUT2D eigenvalue weighted by atomic mass is 10.1. The van der Waals surface area contributed by atoms with Gasteiger partial charge < -0.3 is 5.32 Å². The Morgan fingerprint density at radius 3 is 2.20 bits per heavy atom. The molecule has 3 aromatic rings. The van der Waals surface area contributed by atoms with E-state index in [0.717, 1.165) is 41.3 Å². The van der Waals surface area contributed by atoms with Gasteiger partial charge in [-0.1, -0.05) is 55.0 Å². The Morgan fingerprint density at radius 2 is 1.63 bits per heavy atom. The molecule has 0 unspecified atom stereocenters. The smallest absolute Gasteiger partial charge is 0.348 e. The van der Waals surface area contributed by atoms with E-state index in [0.29, 0.717) is 4.31 Å². The Morgan fingerprint density at radius 1 is 1.00 bits per heavy atom. The van der Waals surface area contributed by atoms with Gasteiger partial charge in [0.2, 0.25) is 5.91 Å². The largest absolute Gasteiger partial charge is 0.416 e. The second kappa shape index (κ2) is 10.5. The maximum atomic E-state index is 13.4. The summed E-state index contributed by atoms with van der Waals surface area (Å²) in [4.78, 5) is 12.8. The first kappa shape index (κ1) is 26.3. The van der Waals surface area contributed by atoms with E-state index in [2.05, 4.69) is 5.32 Å². The summed E-state index contributed by atoms with van der Waals surface area (Å²) in [6.45, 7) is 4.87. The Bertz CT molecular complexity index is 1270. The molecular weight excluding hydrogens is 477 g/mol. The number of nitrogens with one attached hydrogen (secondary N) is 1. The summed E-state index contributed by atoms with van der Waals surface area (Å²) in [5.41, 5.74) is 1.50. The molecule has 0 saturated heterocycles. The molecule has 3 rings (SSSR count). The maximum absolute atomic E-state index is 13.4. The van der Waals surface area contributed by atoms with E-state index in [-0.39, 0.29) is 10.6 Å². The monoisotopic (exact) mass is 504 g/mol. The molecule has 35 heavy (non-hydrogen) atoms. The van der Waals surface area contributed by atoms with Gasteiger partial charge in [0.1, 0.15) is 6.54 Å². The normalized spacial score (nSPS) is 12.7. The predicted molar refractivity (Wildman–Crippen MR) is 130 cm³/mol. The zero-order chi connectivity index (χ0) is 25.8. The highest BCUT2D eigenvalue weighted by Crippen LogP contribution is 2.33. The summed E-state index contributed by atoms with van der Waals surface area (Å²) in [6.07, 6.45) is -3.80. The van der Waals surface area contributed by atoms with Crippen LogP contribution in [0.4, 0.5) is 18.9 Å². The van der Waals surface area contributed by atoms with Gasteiger partial charge in [0, 0.05) is 0 Å². The van der Waals surface area contributed by atoms with Crippen molar-refractivity contribution >= 4 is 21.6 Å². The van der Waals surface area contributed by atoms with Crippen molar-refractivity contribution in [2.45, 2.75) is 44.3 Å². The van der Waals surface area contributed by atoms with Crippen LogP contribution < -0.4 is 9.62 Å². The van der Waals surface area contributed by atoms with Crippen LogP contribution in [0.3, 0.4) is 0 Å². The molecule has 3 aromatic carbocycles. The van der Waals surface area contributed by atoms with E-state index in [1.165, 1.54) is 18.2 Å². The van der Waals surface area contributed by atoms with Crippen molar-refractivity contribution in [3.05, 3.63) is 95.1 Å². The van der Waals surface area contributed by atoms with Gasteiger partial charge in [-0.15, -0.1) is 0 Å². The molecule has 0 radical (unpaired) electrons. The lowest BCUT2D eigenvalue weighted by Gasteiger charge is -2.26. The summed E-state index contributed by atoms with van der Waals surface area (Å²) in [7, 11) is -4.33. The van der Waals surface area contributed by atoms with Crippen LogP contribution >= 0.6 is 0 Å². The fourth-order valence-electron chi connectivity index (χ4n) is 3.53. The molecule has 0 heterocycles. The van der Waals surface area contributed by atoms with E-state index >= 15 is 0 Å². The van der Waals surface area contributed by atoms with Crippen LogP contribution in [0.25, 0.3) is 0 Å². The molecule has 0 aliphatic rings. The third kappa shape index (κ3) is 6.42. The van der Waals surface area contributed by atoms with Crippen LogP contribution in [-0.4, -0.2) is 20.9 Å². The minimum absolute atomic E-state index is 0.128. The molecule has 1 amide bonds. The molecule has 0 saturated carbocycles. The summed E-state index contributed by atoms with van der Waals surface area (Å²) in [5.74, 6) is -0.648. The number of carbonyl (C=O) groups excluding carboxylic acids is 1. The van der Waals surface area contributed by atoms with Crippen molar-refractivity contribution in [1.29, 1.82) is 0 Å². The van der Waals surface area contributed by atoms with Crippen LogP contribution in [0.5, 0.6) is 0 Å². The third-order valence-corrected chi connectivity index (χ3v) is 7.41. The number of sulfonamides is 1. The lowest BCUT2D eigenvalue weighted by molar-refractivity contribution is -0.137. The van der Waals surface area contributed by atoms with Gasteiger partial charge in [0.05, 0.1) is 22.2 Å². The topological polar surface area (TPSA) is 66.5 Å². The number of rotatable bonds is 8. The number of carbonyl (C=O) groups is 1. The second-order valence-corrected chi connectivity index (χ2v) is 10.1. The van der Waals surface area contributed by atoms with Crippen LogP contribution in [0.2, 0.25) is 0 Å². The third-order valence-electron chi connectivity index (χ3n) is 5.62. The van der Waals surface area contributed by atoms with Gasteiger partial charge in [-0.05, 0) is 61.7 Å². The number of anilines is 1. The van der Waals surface area contributed by atoms with Crippen LogP contribution in [-0.2, 0) is 27.4 Å². The molecule has 1 N–H and O–H groups in total. The molecule has 9 heteroatoms. The Balaban J connectivity index is 1.93. The van der Waals surface area contributed by atoms with Gasteiger partial charge >= 0.3 is 6.18 Å². The number of aryl methyl sites for hydroxylation is 2. The Labute approximate surface area is 203 Å². The van der Waals surface area contributed by atoms with E-state index in [1.54, 1.807) is 26.0 Å². The molecule has 1 atom stereocenters. The molecule has 0 aliphatic carbocycles. The van der Waals surface area contributed by atoms with E-state index < -0.39 is 40.3 Å². The van der Waals surface area contributed by atoms with Gasteiger partial charge in [-0.25, -0.2) is 8.42 Å². The molecule has 0 bridgehead atoms. The van der Waals surface area contributed by atoms with Gasteiger partial charge in [0.25, 0.3) is 10.0 Å². The maximum Gasteiger partial charge on any atom is 0.416 e. The van der Waals surface area contributed by atoms with E-state index in [9.17, 15) is 26.4 Å². The van der Waals surface area contributed by atoms with Gasteiger partial charge in [-0.3, -0.25) is 9.10 Å². The van der Waals surface area contributed by atoms with E-state index in [1.807, 2.05) is 31.2 Å². The quantitative estimate of drug-likeness (QED) is 0.431. The zero-order valence-electron chi connectivity index (χ0n) is 19.6. The minimum Gasteiger partial charge on any atom is -0.348 e. The fourth-order valence-corrected chi connectivity index (χ4v) is 4.95. The average molecular weight is 505 g/mol. The first-order valence-corrected chi connectivity index (χ1v) is 12.5. The molecular formula is C26H27F3N2O3S. The summed E-state index contributed by atoms with van der Waals surface area (Å²) in [5, 5.41) is 2.74. The number of hydrogen-bond acceptors (Lipinski definition) is 3. The number of benzene rings is 3. The highest BCUT2D eigenvalue weighted by molar-refractivity contribution is 7.92. The first-order valence-electron chi connectivity index (χ1n) is 11.1. The highest BCUT2D eigenvalue weighted by atomic mass is 32.2. The predicted octanol–water partition coefficient (Wildman–Crippen LogP) is 5.65. The molecule has 5 nitrogen and oxygen atoms in total. The van der Waals surface area contributed by atoms with Gasteiger partial charge in [-0.2, -0.15) is 13.2 Å². The molecule has 186 valence electrons. The minimum atomic E-state index is -4.67. The van der Waals surface area contributed by atoms with Crippen LogP contribution in [0, 0.1) is 6.92 Å². The molecule has 0 aliphatic heterocycles. The number of nitrogens with zero attached hydrogens (tertiary/aromatic N) is 1. The summed E-state index contributed by atoms with van der Waals surface area (Å²) >= 11 is 0. The number of halogens is 3. The summed E-state index contributed by atoms with van der Waals surface area (Å²) < 4.78 is 67.5. The van der Waals surface area contributed by atoms with Crippen molar-refractivity contribution in [3.63, 3.8) is 0 Å². The van der Waals surface area contributed by atoms with Crippen molar-refractivity contribution in [2.75, 3.05) is 10.8 Å². The Kier molecular flexibility index (Phi) is 7.90. The van der Waals surface area contributed by atoms with Crippen molar-refractivity contribution in [3.8, 4) is 0 Å². The van der Waals surface area contributed by atoms with Crippen LogP contribution in [0.1, 0.15) is 42.1 Å². The van der Waals surface area contributed by atoms with Gasteiger partial charge in [0.15, 0.2) is 0 Å². The SMILES string of the molecule is CCc1ccc([C@@H](C)NC(=O)CN(c2cccc(C(F)(F)F)c2)S(=O)(=O)c2ccc(C)cc2)cc1. The Hall–Kier alpha value is -3.33. The van der Waals surface area contributed by atoms with E-state index in [4.69, 9.17) is 0 Å². The summed E-state index contributed by atoms with van der Waals surface area (Å²) in [6, 6.07) is 17.0. The van der Waals surface area contributed by atoms with Crippen molar-refractivity contribution in [2.24, 2.45) is 0 Å². The molecule has 0 fully saturated rings. The first-order chi connectivity index (χ1) is 16.4. The zero-order valence-corrected chi connectivity index (χ0v) is 20.5.